The van der Waals surface area contributed by atoms with Crippen LogP contribution in [0.25, 0.3) is 0 Å². The molecular formula is C33H32N2O8. The number of hydrogen-bond donors (Lipinski definition) is 1. The van der Waals surface area contributed by atoms with Gasteiger partial charge in [-0.3, -0.25) is 4.90 Å². The molecule has 4 aromatic rings. The number of nitrogens with zero attached hydrogens (tertiary/aromatic N) is 1. The molecular weight excluding hydrogens is 552 g/mol. The van der Waals surface area contributed by atoms with Crippen molar-refractivity contribution in [2.45, 2.75) is 26.1 Å². The van der Waals surface area contributed by atoms with Crippen LogP contribution in [0.15, 0.2) is 72.8 Å². The molecule has 0 aliphatic carbocycles. The van der Waals surface area contributed by atoms with E-state index in [-0.39, 0.29) is 20.4 Å². The Balaban J connectivity index is 0.000000209. The van der Waals surface area contributed by atoms with Gasteiger partial charge in [-0.05, 0) is 83.8 Å². The van der Waals surface area contributed by atoms with Gasteiger partial charge in [0.2, 0.25) is 27.2 Å². The van der Waals surface area contributed by atoms with Gasteiger partial charge in [-0.2, -0.15) is 0 Å². The molecule has 0 fully saturated rings. The van der Waals surface area contributed by atoms with Crippen LogP contribution in [-0.4, -0.2) is 38.6 Å². The highest BCUT2D eigenvalue weighted by Gasteiger charge is 2.19. The summed E-state index contributed by atoms with van der Waals surface area (Å²) in [5.74, 6) is 6.43. The number of fused-ring (bicyclic) bond motifs is 4. The molecule has 10 nitrogen and oxygen atoms in total. The van der Waals surface area contributed by atoms with Gasteiger partial charge < -0.3 is 43.6 Å². The summed E-state index contributed by atoms with van der Waals surface area (Å²) >= 11 is 0. The van der Waals surface area contributed by atoms with Gasteiger partial charge in [-0.25, -0.2) is 0 Å². The van der Waals surface area contributed by atoms with E-state index in [1.54, 1.807) is 0 Å². The Morgan fingerprint density at radius 1 is 0.419 bits per heavy atom. The molecule has 4 aliphatic rings. The van der Waals surface area contributed by atoms with Gasteiger partial charge in [0.1, 0.15) is 0 Å². The van der Waals surface area contributed by atoms with Crippen LogP contribution < -0.4 is 43.6 Å². The van der Waals surface area contributed by atoms with Crippen molar-refractivity contribution in [1.29, 1.82) is 0 Å². The summed E-state index contributed by atoms with van der Waals surface area (Å²) in [6, 6.07) is 24.2. The third-order valence-corrected chi connectivity index (χ3v) is 7.40. The minimum absolute atomic E-state index is 0.275. The molecule has 8 rings (SSSR count). The van der Waals surface area contributed by atoms with Gasteiger partial charge in [0.05, 0.1) is 0 Å². The first kappa shape index (κ1) is 27.1. The summed E-state index contributed by atoms with van der Waals surface area (Å²) in [5.41, 5.74) is 10.1. The Bertz CT molecular complexity index is 1470. The highest BCUT2D eigenvalue weighted by atomic mass is 16.7. The molecule has 10 heteroatoms. The van der Waals surface area contributed by atoms with Crippen molar-refractivity contribution < 1.29 is 37.9 Å². The third kappa shape index (κ3) is 6.20. The number of hydrogen-bond acceptors (Lipinski definition) is 10. The molecule has 0 spiro atoms. The first-order valence-electron chi connectivity index (χ1n) is 14.2. The van der Waals surface area contributed by atoms with Crippen molar-refractivity contribution in [2.75, 3.05) is 33.7 Å². The number of nitrogens with two attached hydrogens (primary N) is 1. The van der Waals surface area contributed by atoms with Crippen molar-refractivity contribution in [2.24, 2.45) is 5.73 Å². The monoisotopic (exact) mass is 584 g/mol. The van der Waals surface area contributed by atoms with E-state index in [1.807, 2.05) is 36.4 Å². The molecule has 4 aromatic carbocycles. The zero-order valence-electron chi connectivity index (χ0n) is 23.6. The van der Waals surface area contributed by atoms with Crippen molar-refractivity contribution in [3.8, 4) is 46.0 Å². The Hall–Kier alpha value is -4.80. The molecule has 0 radical (unpaired) electrons. The van der Waals surface area contributed by atoms with E-state index in [1.165, 1.54) is 5.56 Å². The van der Waals surface area contributed by atoms with Crippen LogP contribution in [0.3, 0.4) is 0 Å². The van der Waals surface area contributed by atoms with E-state index in [4.69, 9.17) is 43.6 Å². The van der Waals surface area contributed by atoms with Crippen molar-refractivity contribution in [1.82, 2.24) is 4.90 Å². The van der Waals surface area contributed by atoms with E-state index in [0.29, 0.717) is 13.3 Å². The van der Waals surface area contributed by atoms with Crippen LogP contribution in [0, 0.1) is 0 Å². The molecule has 4 heterocycles. The molecule has 0 bridgehead atoms. The maximum absolute atomic E-state index is 5.56. The van der Waals surface area contributed by atoms with Crippen LogP contribution in [0.1, 0.15) is 22.3 Å². The van der Waals surface area contributed by atoms with Crippen LogP contribution in [0.5, 0.6) is 46.0 Å². The minimum Gasteiger partial charge on any atom is -0.454 e. The summed E-state index contributed by atoms with van der Waals surface area (Å²) in [7, 11) is 0. The quantitative estimate of drug-likeness (QED) is 0.305. The smallest absolute Gasteiger partial charge is 0.231 e. The topological polar surface area (TPSA) is 103 Å². The normalized spacial score (nSPS) is 14.6. The summed E-state index contributed by atoms with van der Waals surface area (Å²) < 4.78 is 43.4. The van der Waals surface area contributed by atoms with Gasteiger partial charge in [0.25, 0.3) is 0 Å². The average molecular weight is 585 g/mol. The van der Waals surface area contributed by atoms with Crippen LogP contribution in [0.4, 0.5) is 0 Å². The Labute approximate surface area is 249 Å². The van der Waals surface area contributed by atoms with Crippen molar-refractivity contribution in [3.05, 3.63) is 95.1 Å². The van der Waals surface area contributed by atoms with E-state index in [2.05, 4.69) is 41.3 Å². The summed E-state index contributed by atoms with van der Waals surface area (Å²) in [6.07, 6.45) is 0.886. The standard InChI is InChI=1S/C24H21NO6.C9H11NO2/c1-4-19-22(29-13-26-19)7-16(1)10-25(11-17-2-5-20-23(8-17)30-14-27-20)12-18-3-6-21-24(9-18)31-15-28-21;10-4-3-7-1-2-8-9(5-7)12-6-11-8/h1-9H,10-15H2;1-2,5H,3-4,6,10H2. The number of rotatable bonds is 8. The summed E-state index contributed by atoms with van der Waals surface area (Å²) in [5, 5.41) is 0. The molecule has 0 atom stereocenters. The Morgan fingerprint density at radius 3 is 1.07 bits per heavy atom. The molecule has 0 unspecified atom stereocenters. The largest absolute Gasteiger partial charge is 0.454 e. The molecule has 2 N–H and O–H groups in total. The SMILES string of the molecule is NCCc1ccc2c(c1)OCO2.c1cc2c(cc1CN(Cc1ccc3c(c1)OCO3)Cc1ccc3c(c1)OCO3)OCO2. The molecule has 4 aliphatic heterocycles. The Kier molecular flexibility index (Phi) is 7.68. The maximum atomic E-state index is 5.56. The number of ether oxygens (including phenoxy) is 8. The Morgan fingerprint density at radius 2 is 0.721 bits per heavy atom. The van der Waals surface area contributed by atoms with Crippen molar-refractivity contribution >= 4 is 0 Å². The van der Waals surface area contributed by atoms with Crippen LogP contribution >= 0.6 is 0 Å². The second kappa shape index (κ2) is 12.2. The molecule has 0 saturated heterocycles. The lowest BCUT2D eigenvalue weighted by atomic mass is 10.1. The fourth-order valence-corrected chi connectivity index (χ4v) is 5.32. The lowest BCUT2D eigenvalue weighted by Gasteiger charge is -2.23. The third-order valence-electron chi connectivity index (χ3n) is 7.40. The molecule has 0 amide bonds. The predicted octanol–water partition coefficient (Wildman–Crippen LogP) is 4.99. The molecule has 222 valence electrons. The van der Waals surface area contributed by atoms with Gasteiger partial charge >= 0.3 is 0 Å². The first-order chi connectivity index (χ1) is 21.2. The van der Waals surface area contributed by atoms with E-state index < -0.39 is 0 Å². The van der Waals surface area contributed by atoms with Crippen molar-refractivity contribution in [3.63, 3.8) is 0 Å². The lowest BCUT2D eigenvalue weighted by Crippen LogP contribution is -2.22. The van der Waals surface area contributed by atoms with Gasteiger partial charge in [0.15, 0.2) is 46.0 Å². The maximum Gasteiger partial charge on any atom is 0.231 e. The second-order valence-corrected chi connectivity index (χ2v) is 10.4. The van der Waals surface area contributed by atoms with Gasteiger partial charge in [-0.1, -0.05) is 24.3 Å². The fourth-order valence-electron chi connectivity index (χ4n) is 5.32. The van der Waals surface area contributed by atoms with Crippen LogP contribution in [0.2, 0.25) is 0 Å². The van der Waals surface area contributed by atoms with E-state index in [0.717, 1.165) is 88.7 Å². The first-order valence-corrected chi connectivity index (χ1v) is 14.2. The second-order valence-electron chi connectivity index (χ2n) is 10.4. The highest BCUT2D eigenvalue weighted by Crippen LogP contribution is 2.36. The van der Waals surface area contributed by atoms with E-state index >= 15 is 0 Å². The average Bonchev–Trinajstić information content (AvgIpc) is 3.84. The van der Waals surface area contributed by atoms with Gasteiger partial charge in [-0.15, -0.1) is 0 Å². The van der Waals surface area contributed by atoms with Crippen LogP contribution in [-0.2, 0) is 26.1 Å². The molecule has 0 aromatic heterocycles. The highest BCUT2D eigenvalue weighted by molar-refractivity contribution is 5.47. The predicted molar refractivity (Wildman–Crippen MR) is 156 cm³/mol. The summed E-state index contributed by atoms with van der Waals surface area (Å²) in [4.78, 5) is 2.37. The lowest BCUT2D eigenvalue weighted by molar-refractivity contribution is 0.173. The summed E-state index contributed by atoms with van der Waals surface area (Å²) in [6.45, 7) is 4.07. The zero-order valence-corrected chi connectivity index (χ0v) is 23.6. The van der Waals surface area contributed by atoms with Gasteiger partial charge in [0, 0.05) is 19.6 Å². The van der Waals surface area contributed by atoms with E-state index in [9.17, 15) is 0 Å². The molecule has 43 heavy (non-hydrogen) atoms. The molecule has 0 saturated carbocycles. The minimum atomic E-state index is 0.275. The number of benzene rings is 4. The zero-order chi connectivity index (χ0) is 29.0. The fraction of sp³-hybridized carbons (Fsp3) is 0.273.